The van der Waals surface area contributed by atoms with Gasteiger partial charge in [0.05, 0.1) is 0 Å². The molecular weight excluding hydrogens is 368 g/mol. The van der Waals surface area contributed by atoms with E-state index in [1.165, 1.54) is 17.3 Å². The van der Waals surface area contributed by atoms with Crippen molar-refractivity contribution in [1.29, 1.82) is 0 Å². The van der Waals surface area contributed by atoms with Gasteiger partial charge in [0.25, 0.3) is 0 Å². The van der Waals surface area contributed by atoms with E-state index in [9.17, 15) is 0 Å². The average molecular weight is 390 g/mol. The summed E-state index contributed by atoms with van der Waals surface area (Å²) in [5, 5.41) is 0. The third kappa shape index (κ3) is 7.55. The molecule has 0 bridgehead atoms. The number of hydrogen-bond acceptors (Lipinski definition) is 0. The molecule has 0 aliphatic heterocycles. The van der Waals surface area contributed by atoms with E-state index in [-0.39, 0.29) is 63.7 Å². The molecule has 20 heavy (non-hydrogen) atoms. The summed E-state index contributed by atoms with van der Waals surface area (Å²) < 4.78 is 0. The summed E-state index contributed by atoms with van der Waals surface area (Å²) in [5.74, 6) is 0.557. The number of halogens is 3. The van der Waals surface area contributed by atoms with Crippen LogP contribution in [0.3, 0.4) is 0 Å². The SMILES string of the molecule is CP(C)CC(C1=[C-]CC=C1)c1ccccc1.Cl.Cl.Cl.[V]. The van der Waals surface area contributed by atoms with E-state index in [0.717, 1.165) is 6.42 Å². The molecule has 1 unspecified atom stereocenters. The van der Waals surface area contributed by atoms with Gasteiger partial charge in [-0.2, -0.15) is 6.08 Å². The average Bonchev–Trinajstić information content (AvgIpc) is 2.80. The van der Waals surface area contributed by atoms with Gasteiger partial charge in [-0.1, -0.05) is 30.3 Å². The molecule has 0 aromatic heterocycles. The van der Waals surface area contributed by atoms with Crippen LogP contribution in [0.4, 0.5) is 0 Å². The summed E-state index contributed by atoms with van der Waals surface area (Å²) in [6.45, 7) is 4.70. The number of hydrogen-bond donors (Lipinski definition) is 0. The van der Waals surface area contributed by atoms with Crippen LogP contribution in [0.1, 0.15) is 17.9 Å². The molecule has 0 N–H and O–H groups in total. The van der Waals surface area contributed by atoms with Crippen LogP contribution in [0.5, 0.6) is 0 Å². The molecule has 1 atom stereocenters. The van der Waals surface area contributed by atoms with Gasteiger partial charge in [0.15, 0.2) is 0 Å². The van der Waals surface area contributed by atoms with Crippen LogP contribution in [0, 0.1) is 6.08 Å². The van der Waals surface area contributed by atoms with Crippen molar-refractivity contribution in [3.8, 4) is 0 Å². The fourth-order valence-electron chi connectivity index (χ4n) is 2.09. The van der Waals surface area contributed by atoms with Gasteiger partial charge in [-0.15, -0.1) is 51.6 Å². The van der Waals surface area contributed by atoms with Gasteiger partial charge >= 0.3 is 0 Å². The van der Waals surface area contributed by atoms with Crippen LogP contribution in [0.15, 0.2) is 48.1 Å². The van der Waals surface area contributed by atoms with Gasteiger partial charge in [0, 0.05) is 18.6 Å². The summed E-state index contributed by atoms with van der Waals surface area (Å²) in [5.41, 5.74) is 2.83. The van der Waals surface area contributed by atoms with Gasteiger partial charge in [-0.3, -0.25) is 6.08 Å². The van der Waals surface area contributed by atoms with Gasteiger partial charge in [-0.25, -0.2) is 11.6 Å². The van der Waals surface area contributed by atoms with Crippen LogP contribution in [0.25, 0.3) is 0 Å². The van der Waals surface area contributed by atoms with Crippen LogP contribution in [0.2, 0.25) is 0 Å². The Morgan fingerprint density at radius 3 is 2.15 bits per heavy atom. The molecule has 1 aliphatic carbocycles. The van der Waals surface area contributed by atoms with E-state index in [2.05, 4.69) is 61.9 Å². The van der Waals surface area contributed by atoms with Crippen molar-refractivity contribution in [2.45, 2.75) is 12.3 Å². The third-order valence-corrected chi connectivity index (χ3v) is 3.94. The molecule has 0 spiro atoms. The first-order chi connectivity index (χ1) is 7.77. The van der Waals surface area contributed by atoms with Crippen molar-refractivity contribution < 1.29 is 18.6 Å². The predicted molar refractivity (Wildman–Crippen MR) is 95.1 cm³/mol. The minimum Gasteiger partial charge on any atom is -0.269 e. The second-order valence-corrected chi connectivity index (χ2v) is 6.99. The fraction of sp³-hybridized carbons (Fsp3) is 0.333. The Labute approximate surface area is 154 Å². The molecule has 1 radical (unpaired) electrons. The quantitative estimate of drug-likeness (QED) is 0.473. The van der Waals surface area contributed by atoms with Gasteiger partial charge < -0.3 is 0 Å². The molecule has 113 valence electrons. The Morgan fingerprint density at radius 1 is 1.10 bits per heavy atom. The van der Waals surface area contributed by atoms with Gasteiger partial charge in [-0.05, 0) is 31.0 Å². The summed E-state index contributed by atoms with van der Waals surface area (Å²) in [7, 11) is 0.126. The minimum absolute atomic E-state index is 0. The molecule has 0 amide bonds. The summed E-state index contributed by atoms with van der Waals surface area (Å²) in [6.07, 6.45) is 10.2. The number of rotatable bonds is 4. The fourth-order valence-corrected chi connectivity index (χ4v) is 3.23. The van der Waals surface area contributed by atoms with Crippen LogP contribution in [-0.4, -0.2) is 19.5 Å². The molecule has 0 heterocycles. The normalized spacial score (nSPS) is 13.2. The Hall–Kier alpha value is 0.584. The maximum atomic E-state index is 3.48. The predicted octanol–water partition coefficient (Wildman–Crippen LogP) is 5.46. The summed E-state index contributed by atoms with van der Waals surface area (Å²) >= 11 is 0. The first-order valence-corrected chi connectivity index (χ1v) is 8.16. The molecule has 0 fully saturated rings. The third-order valence-electron chi connectivity index (χ3n) is 2.85. The van der Waals surface area contributed by atoms with E-state index in [1.54, 1.807) is 0 Å². The zero-order valence-corrected chi connectivity index (χ0v) is 16.4. The maximum Gasteiger partial charge on any atom is 0 e. The molecule has 5 heteroatoms. The zero-order valence-electron chi connectivity index (χ0n) is 11.7. The first-order valence-electron chi connectivity index (χ1n) is 5.74. The number of allylic oxidation sites excluding steroid dienone is 4. The van der Waals surface area contributed by atoms with E-state index >= 15 is 0 Å². The second-order valence-electron chi connectivity index (χ2n) is 4.46. The van der Waals surface area contributed by atoms with Crippen molar-refractivity contribution in [3.05, 3.63) is 59.7 Å². The van der Waals surface area contributed by atoms with Crippen molar-refractivity contribution >= 4 is 45.1 Å². The Bertz CT molecular complexity index is 405. The van der Waals surface area contributed by atoms with E-state index in [0.29, 0.717) is 5.92 Å². The molecule has 1 aromatic rings. The minimum atomic E-state index is 0. The second kappa shape index (κ2) is 13.3. The summed E-state index contributed by atoms with van der Waals surface area (Å²) in [4.78, 5) is 0. The largest absolute Gasteiger partial charge is 0.269 e. The monoisotopic (exact) mass is 388 g/mol. The van der Waals surface area contributed by atoms with E-state index < -0.39 is 0 Å². The van der Waals surface area contributed by atoms with E-state index in [4.69, 9.17) is 0 Å². The molecule has 0 saturated heterocycles. The molecule has 1 aliphatic rings. The Kier molecular flexibility index (Phi) is 16.9. The molecule has 0 saturated carbocycles. The molecule has 1 aromatic carbocycles. The maximum absolute atomic E-state index is 3.48. The van der Waals surface area contributed by atoms with Crippen molar-refractivity contribution in [1.82, 2.24) is 0 Å². The smallest absolute Gasteiger partial charge is 0 e. The molecule has 0 nitrogen and oxygen atoms in total. The van der Waals surface area contributed by atoms with Crippen LogP contribution < -0.4 is 0 Å². The van der Waals surface area contributed by atoms with Gasteiger partial charge in [0.2, 0.25) is 0 Å². The van der Waals surface area contributed by atoms with Crippen LogP contribution in [-0.2, 0) is 18.6 Å². The Morgan fingerprint density at radius 2 is 1.70 bits per heavy atom. The first kappa shape index (κ1) is 25.5. The number of benzene rings is 1. The van der Waals surface area contributed by atoms with Crippen LogP contribution >= 0.6 is 45.1 Å². The summed E-state index contributed by atoms with van der Waals surface area (Å²) in [6, 6.07) is 10.8. The topological polar surface area (TPSA) is 0 Å². The Balaban J connectivity index is -0.000000722. The zero-order chi connectivity index (χ0) is 11.4. The standard InChI is InChI=1S/C15H18P.3ClH.V/c1-16(2)12-15(14-10-6-7-11-14)13-8-4-3-5-9-13;;;;/h3-6,8-10,15H,7,12H2,1-2H3;3*1H;/q-1;;;;. The molecule has 2 rings (SSSR count). The van der Waals surface area contributed by atoms with E-state index in [1.807, 2.05) is 0 Å². The van der Waals surface area contributed by atoms with Crippen molar-refractivity contribution in [3.63, 3.8) is 0 Å². The van der Waals surface area contributed by atoms with Crippen molar-refractivity contribution in [2.24, 2.45) is 0 Å². The van der Waals surface area contributed by atoms with Gasteiger partial charge in [0.1, 0.15) is 0 Å². The van der Waals surface area contributed by atoms with Crippen molar-refractivity contribution in [2.75, 3.05) is 19.5 Å². The molecular formula is C15H21Cl3PV-.